The summed E-state index contributed by atoms with van der Waals surface area (Å²) in [6.07, 6.45) is 0.791. The van der Waals surface area contributed by atoms with E-state index in [9.17, 15) is 9.59 Å². The summed E-state index contributed by atoms with van der Waals surface area (Å²) < 4.78 is 4.80. The molecule has 0 atom stereocenters. The maximum absolute atomic E-state index is 11.3. The molecule has 0 aromatic heterocycles. The third-order valence-corrected chi connectivity index (χ3v) is 1.54. The molecule has 4 heteroatoms. The number of rotatable bonds is 4. The Morgan fingerprint density at radius 1 is 1.29 bits per heavy atom. The van der Waals surface area contributed by atoms with Gasteiger partial charge in [-0.05, 0) is 6.42 Å². The first-order valence-corrected chi connectivity index (χ1v) is 4.82. The first kappa shape index (κ1) is 12.9. The molecule has 0 unspecified atom stereocenters. The van der Waals surface area contributed by atoms with Gasteiger partial charge in [0, 0.05) is 5.41 Å². The fourth-order valence-corrected chi connectivity index (χ4v) is 0.685. The number of hydrogen-bond donors (Lipinski definition) is 1. The number of carbonyl (C=O) groups is 2. The molecule has 82 valence electrons. The van der Waals surface area contributed by atoms with Crippen LogP contribution in [0.3, 0.4) is 0 Å². The molecular formula is C10H19NO3. The average Bonchev–Trinajstić information content (AvgIpc) is 2.09. The molecule has 1 amide bonds. The van der Waals surface area contributed by atoms with E-state index in [1.165, 1.54) is 0 Å². The standard InChI is InChI=1S/C10H19NO3/c1-5-6-14-8(12)7-11-9(13)10(2,3)4/h5-7H2,1-4H3,(H,11,13). The van der Waals surface area contributed by atoms with Crippen molar-refractivity contribution in [1.82, 2.24) is 5.32 Å². The van der Waals surface area contributed by atoms with Gasteiger partial charge in [0.25, 0.3) is 0 Å². The van der Waals surface area contributed by atoms with Gasteiger partial charge in [-0.15, -0.1) is 0 Å². The summed E-state index contributed by atoms with van der Waals surface area (Å²) in [4.78, 5) is 22.3. The molecule has 0 aromatic carbocycles. The Kier molecular flexibility index (Phi) is 5.20. The Hall–Kier alpha value is -1.06. The number of ether oxygens (including phenoxy) is 1. The van der Waals surface area contributed by atoms with Gasteiger partial charge in [-0.2, -0.15) is 0 Å². The lowest BCUT2D eigenvalue weighted by Gasteiger charge is -2.16. The fourth-order valence-electron chi connectivity index (χ4n) is 0.685. The van der Waals surface area contributed by atoms with Crippen LogP contribution >= 0.6 is 0 Å². The van der Waals surface area contributed by atoms with Gasteiger partial charge in [0.2, 0.25) is 5.91 Å². The molecule has 0 radical (unpaired) electrons. The Bertz CT molecular complexity index is 206. The van der Waals surface area contributed by atoms with Gasteiger partial charge < -0.3 is 10.1 Å². The quantitative estimate of drug-likeness (QED) is 0.693. The molecule has 0 fully saturated rings. The van der Waals surface area contributed by atoms with Crippen molar-refractivity contribution in [2.24, 2.45) is 5.41 Å². The van der Waals surface area contributed by atoms with Gasteiger partial charge in [0.05, 0.1) is 6.61 Å². The summed E-state index contributed by atoms with van der Waals surface area (Å²) >= 11 is 0. The molecule has 0 rings (SSSR count). The molecule has 0 aliphatic heterocycles. The predicted molar refractivity (Wildman–Crippen MR) is 53.7 cm³/mol. The first-order chi connectivity index (χ1) is 6.38. The molecular weight excluding hydrogens is 182 g/mol. The van der Waals surface area contributed by atoms with Gasteiger partial charge in [-0.25, -0.2) is 0 Å². The first-order valence-electron chi connectivity index (χ1n) is 4.82. The van der Waals surface area contributed by atoms with Gasteiger partial charge in [0.1, 0.15) is 6.54 Å². The van der Waals surface area contributed by atoms with Crippen molar-refractivity contribution in [2.45, 2.75) is 34.1 Å². The molecule has 0 aromatic rings. The third kappa shape index (κ3) is 5.56. The lowest BCUT2D eigenvalue weighted by molar-refractivity contribution is -0.144. The molecule has 0 saturated heterocycles. The summed E-state index contributed by atoms with van der Waals surface area (Å²) in [5, 5.41) is 2.52. The molecule has 0 aliphatic carbocycles. The van der Waals surface area contributed by atoms with E-state index >= 15 is 0 Å². The van der Waals surface area contributed by atoms with E-state index in [-0.39, 0.29) is 18.4 Å². The number of carbonyl (C=O) groups excluding carboxylic acids is 2. The van der Waals surface area contributed by atoms with Crippen molar-refractivity contribution in [1.29, 1.82) is 0 Å². The highest BCUT2D eigenvalue weighted by atomic mass is 16.5. The smallest absolute Gasteiger partial charge is 0.325 e. The molecule has 0 heterocycles. The van der Waals surface area contributed by atoms with Crippen LogP contribution in [0.25, 0.3) is 0 Å². The lowest BCUT2D eigenvalue weighted by Crippen LogP contribution is -2.38. The van der Waals surface area contributed by atoms with Crippen LogP contribution in [-0.2, 0) is 14.3 Å². The summed E-state index contributed by atoms with van der Waals surface area (Å²) in [6.45, 7) is 7.65. The highest BCUT2D eigenvalue weighted by Crippen LogP contribution is 2.11. The van der Waals surface area contributed by atoms with E-state index in [0.29, 0.717) is 6.61 Å². The zero-order valence-electron chi connectivity index (χ0n) is 9.35. The van der Waals surface area contributed by atoms with Gasteiger partial charge in [-0.1, -0.05) is 27.7 Å². The lowest BCUT2D eigenvalue weighted by atomic mass is 9.96. The Balaban J connectivity index is 3.73. The number of nitrogens with one attached hydrogen (secondary N) is 1. The van der Waals surface area contributed by atoms with Crippen LogP contribution in [0.5, 0.6) is 0 Å². The third-order valence-electron chi connectivity index (χ3n) is 1.54. The van der Waals surface area contributed by atoms with Crippen LogP contribution in [0.4, 0.5) is 0 Å². The molecule has 0 bridgehead atoms. The predicted octanol–water partition coefficient (Wildman–Crippen LogP) is 1.10. The Morgan fingerprint density at radius 3 is 2.29 bits per heavy atom. The van der Waals surface area contributed by atoms with Crippen molar-refractivity contribution in [2.75, 3.05) is 13.2 Å². The fraction of sp³-hybridized carbons (Fsp3) is 0.800. The second-order valence-corrected chi connectivity index (χ2v) is 4.15. The topological polar surface area (TPSA) is 55.4 Å². The molecule has 0 saturated carbocycles. The van der Waals surface area contributed by atoms with E-state index in [1.807, 2.05) is 6.92 Å². The van der Waals surface area contributed by atoms with Crippen LogP contribution in [0.15, 0.2) is 0 Å². The molecule has 0 aliphatic rings. The van der Waals surface area contributed by atoms with Crippen molar-refractivity contribution >= 4 is 11.9 Å². The molecule has 0 spiro atoms. The number of esters is 1. The van der Waals surface area contributed by atoms with E-state index in [4.69, 9.17) is 4.74 Å². The van der Waals surface area contributed by atoms with E-state index < -0.39 is 5.41 Å². The SMILES string of the molecule is CCCOC(=O)CNC(=O)C(C)(C)C. The molecule has 1 N–H and O–H groups in total. The van der Waals surface area contributed by atoms with Crippen LogP contribution in [0.1, 0.15) is 34.1 Å². The van der Waals surface area contributed by atoms with Gasteiger partial charge in [0.15, 0.2) is 0 Å². The van der Waals surface area contributed by atoms with Gasteiger partial charge >= 0.3 is 5.97 Å². The zero-order valence-corrected chi connectivity index (χ0v) is 9.35. The minimum absolute atomic E-state index is 0.0455. The monoisotopic (exact) mass is 201 g/mol. The zero-order chi connectivity index (χ0) is 11.2. The summed E-state index contributed by atoms with van der Waals surface area (Å²) in [6, 6.07) is 0. The number of hydrogen-bond acceptors (Lipinski definition) is 3. The van der Waals surface area contributed by atoms with Crippen molar-refractivity contribution in [3.8, 4) is 0 Å². The summed E-state index contributed by atoms with van der Waals surface area (Å²) in [5.41, 5.74) is -0.467. The average molecular weight is 201 g/mol. The van der Waals surface area contributed by atoms with Gasteiger partial charge in [-0.3, -0.25) is 9.59 Å². The highest BCUT2D eigenvalue weighted by molar-refractivity contribution is 5.85. The Morgan fingerprint density at radius 2 is 1.86 bits per heavy atom. The second-order valence-electron chi connectivity index (χ2n) is 4.15. The van der Waals surface area contributed by atoms with E-state index in [0.717, 1.165) is 6.42 Å². The van der Waals surface area contributed by atoms with Crippen molar-refractivity contribution in [3.63, 3.8) is 0 Å². The normalized spacial score (nSPS) is 10.9. The largest absolute Gasteiger partial charge is 0.464 e. The van der Waals surface area contributed by atoms with Crippen LogP contribution in [0.2, 0.25) is 0 Å². The maximum atomic E-state index is 11.3. The minimum atomic E-state index is -0.467. The van der Waals surface area contributed by atoms with E-state index in [2.05, 4.69) is 5.32 Å². The van der Waals surface area contributed by atoms with Crippen LogP contribution < -0.4 is 5.32 Å². The highest BCUT2D eigenvalue weighted by Gasteiger charge is 2.21. The Labute approximate surface area is 85.0 Å². The second kappa shape index (κ2) is 5.62. The number of amides is 1. The molecule has 4 nitrogen and oxygen atoms in total. The maximum Gasteiger partial charge on any atom is 0.325 e. The summed E-state index contributed by atoms with van der Waals surface area (Å²) in [7, 11) is 0. The van der Waals surface area contributed by atoms with Crippen LogP contribution in [-0.4, -0.2) is 25.0 Å². The summed E-state index contributed by atoms with van der Waals surface area (Å²) in [5.74, 6) is -0.532. The molecule has 14 heavy (non-hydrogen) atoms. The van der Waals surface area contributed by atoms with Crippen molar-refractivity contribution < 1.29 is 14.3 Å². The van der Waals surface area contributed by atoms with E-state index in [1.54, 1.807) is 20.8 Å². The minimum Gasteiger partial charge on any atom is -0.464 e. The van der Waals surface area contributed by atoms with Crippen molar-refractivity contribution in [3.05, 3.63) is 0 Å². The van der Waals surface area contributed by atoms with Crippen LogP contribution in [0, 0.1) is 5.41 Å².